The third kappa shape index (κ3) is 3.99. The van der Waals surface area contributed by atoms with Crippen molar-refractivity contribution in [3.63, 3.8) is 0 Å². The smallest absolute Gasteiger partial charge is 0.262 e. The van der Waals surface area contributed by atoms with Gasteiger partial charge in [0.15, 0.2) is 9.84 Å². The summed E-state index contributed by atoms with van der Waals surface area (Å²) in [6, 6.07) is 13.6. The molecule has 0 saturated heterocycles. The highest BCUT2D eigenvalue weighted by Crippen LogP contribution is 2.29. The Morgan fingerprint density at radius 2 is 1.88 bits per heavy atom. The number of ether oxygens (including phenoxy) is 1. The van der Waals surface area contributed by atoms with Crippen molar-refractivity contribution in [1.82, 2.24) is 0 Å². The van der Waals surface area contributed by atoms with Crippen LogP contribution in [-0.2, 0) is 9.84 Å². The first-order valence-electron chi connectivity index (χ1n) is 8.13. The van der Waals surface area contributed by atoms with Crippen LogP contribution in [0.1, 0.15) is 17.3 Å². The number of anilines is 1. The first-order chi connectivity index (χ1) is 12.4. The average molecular weight is 436 g/mol. The molecule has 2 aromatic rings. The van der Waals surface area contributed by atoms with E-state index in [1.165, 1.54) is 10.3 Å². The fourth-order valence-electron chi connectivity index (χ4n) is 2.84. The zero-order chi connectivity index (χ0) is 18.7. The van der Waals surface area contributed by atoms with Gasteiger partial charge in [0.2, 0.25) is 0 Å². The molecule has 0 aliphatic carbocycles. The Labute approximate surface area is 161 Å². The third-order valence-electron chi connectivity index (χ3n) is 3.98. The number of sulfone groups is 1. The number of nitrogens with zero attached hydrogens (tertiary/aromatic N) is 1. The fourth-order valence-corrected chi connectivity index (χ4v) is 4.37. The van der Waals surface area contributed by atoms with Gasteiger partial charge in [-0.3, -0.25) is 4.79 Å². The molecule has 1 aliphatic rings. The summed E-state index contributed by atoms with van der Waals surface area (Å²) in [6.07, 6.45) is 1.55. The topological polar surface area (TPSA) is 63.7 Å². The van der Waals surface area contributed by atoms with E-state index in [2.05, 4.69) is 15.9 Å². The second kappa shape index (κ2) is 7.63. The number of carbonyl (C=O) groups is 1. The van der Waals surface area contributed by atoms with E-state index >= 15 is 0 Å². The van der Waals surface area contributed by atoms with Crippen LogP contribution in [0, 0.1) is 0 Å². The van der Waals surface area contributed by atoms with Gasteiger partial charge < -0.3 is 9.64 Å². The van der Waals surface area contributed by atoms with Crippen LogP contribution in [0.4, 0.5) is 5.69 Å². The largest absolute Gasteiger partial charge is 0.493 e. The van der Waals surface area contributed by atoms with Crippen LogP contribution >= 0.6 is 15.9 Å². The van der Waals surface area contributed by atoms with Crippen LogP contribution < -0.4 is 9.64 Å². The first-order valence-corrected chi connectivity index (χ1v) is 10.6. The molecule has 1 aliphatic heterocycles. The number of halogens is 1. The van der Waals surface area contributed by atoms with Gasteiger partial charge in [-0.2, -0.15) is 0 Å². The number of benzene rings is 2. The SMILES string of the molecule is CCOc1ccccc1C(=O)N(c1ccc(Br)cc1)[C@H]1C=CS(=O)(=O)C1. The fraction of sp³-hybridized carbons (Fsp3) is 0.211. The lowest BCUT2D eigenvalue weighted by molar-refractivity contribution is 0.0979. The predicted octanol–water partition coefficient (Wildman–Crippen LogP) is 3.81. The minimum atomic E-state index is -3.31. The van der Waals surface area contributed by atoms with Gasteiger partial charge in [-0.15, -0.1) is 0 Å². The van der Waals surface area contributed by atoms with E-state index in [-0.39, 0.29) is 11.7 Å². The molecular formula is C19H18BrNO4S. The summed E-state index contributed by atoms with van der Waals surface area (Å²) in [5.41, 5.74) is 1.02. The van der Waals surface area contributed by atoms with Crippen LogP contribution in [0.5, 0.6) is 5.75 Å². The minimum Gasteiger partial charge on any atom is -0.493 e. The Kier molecular flexibility index (Phi) is 5.48. The van der Waals surface area contributed by atoms with E-state index in [1.807, 2.05) is 19.1 Å². The van der Waals surface area contributed by atoms with Crippen molar-refractivity contribution in [1.29, 1.82) is 0 Å². The van der Waals surface area contributed by atoms with Crippen molar-refractivity contribution in [3.8, 4) is 5.75 Å². The van der Waals surface area contributed by atoms with Crippen molar-refractivity contribution in [3.05, 3.63) is 70.1 Å². The quantitative estimate of drug-likeness (QED) is 0.715. The Morgan fingerprint density at radius 3 is 2.50 bits per heavy atom. The first kappa shape index (κ1) is 18.7. The second-order valence-corrected chi connectivity index (χ2v) is 8.65. The van der Waals surface area contributed by atoms with Crippen LogP contribution in [-0.4, -0.2) is 32.7 Å². The minimum absolute atomic E-state index is 0.133. The van der Waals surface area contributed by atoms with Crippen LogP contribution in [0.3, 0.4) is 0 Å². The molecule has 0 aromatic heterocycles. The maximum absolute atomic E-state index is 13.3. The summed E-state index contributed by atoms with van der Waals surface area (Å²) in [6.45, 7) is 2.28. The molecule has 2 aromatic carbocycles. The van der Waals surface area contributed by atoms with Gasteiger partial charge in [0.1, 0.15) is 5.75 Å². The van der Waals surface area contributed by atoms with Gasteiger partial charge in [-0.1, -0.05) is 28.1 Å². The van der Waals surface area contributed by atoms with Crippen molar-refractivity contribution in [2.45, 2.75) is 13.0 Å². The highest BCUT2D eigenvalue weighted by atomic mass is 79.9. The Balaban J connectivity index is 2.05. The summed E-state index contributed by atoms with van der Waals surface area (Å²) >= 11 is 3.38. The van der Waals surface area contributed by atoms with Gasteiger partial charge in [-0.25, -0.2) is 8.42 Å². The molecule has 1 amide bonds. The highest BCUT2D eigenvalue weighted by Gasteiger charge is 2.33. The van der Waals surface area contributed by atoms with Crippen LogP contribution in [0.2, 0.25) is 0 Å². The Morgan fingerprint density at radius 1 is 1.19 bits per heavy atom. The molecule has 0 N–H and O–H groups in total. The molecule has 136 valence electrons. The van der Waals surface area contributed by atoms with Gasteiger partial charge in [0, 0.05) is 15.6 Å². The Hall–Kier alpha value is -2.12. The van der Waals surface area contributed by atoms with E-state index in [9.17, 15) is 13.2 Å². The standard InChI is InChI=1S/C19H18BrNO4S/c1-2-25-18-6-4-3-5-17(18)19(22)21(15-9-7-14(20)8-10-15)16-11-12-26(23,24)13-16/h3-12,16H,2,13H2,1H3/t16-/m0/s1. The van der Waals surface area contributed by atoms with Crippen molar-refractivity contribution in [2.24, 2.45) is 0 Å². The zero-order valence-electron chi connectivity index (χ0n) is 14.1. The zero-order valence-corrected chi connectivity index (χ0v) is 16.5. The summed E-state index contributed by atoms with van der Waals surface area (Å²) < 4.78 is 30.3. The molecule has 26 heavy (non-hydrogen) atoms. The van der Waals surface area contributed by atoms with Crippen molar-refractivity contribution < 1.29 is 17.9 Å². The molecule has 0 radical (unpaired) electrons. The maximum atomic E-state index is 13.3. The monoisotopic (exact) mass is 435 g/mol. The number of amides is 1. The van der Waals surface area contributed by atoms with E-state index in [4.69, 9.17) is 4.74 Å². The number of hydrogen-bond donors (Lipinski definition) is 0. The van der Waals surface area contributed by atoms with Crippen molar-refractivity contribution in [2.75, 3.05) is 17.3 Å². The molecule has 1 heterocycles. The number of para-hydroxylation sites is 1. The lowest BCUT2D eigenvalue weighted by Gasteiger charge is -2.28. The van der Waals surface area contributed by atoms with Crippen molar-refractivity contribution >= 4 is 37.4 Å². The summed E-state index contributed by atoms with van der Waals surface area (Å²) in [4.78, 5) is 14.8. The lowest BCUT2D eigenvalue weighted by atomic mass is 10.1. The number of hydrogen-bond acceptors (Lipinski definition) is 4. The summed E-state index contributed by atoms with van der Waals surface area (Å²) in [5.74, 6) is 0.0427. The van der Waals surface area contributed by atoms with E-state index < -0.39 is 15.9 Å². The average Bonchev–Trinajstić information content (AvgIpc) is 2.97. The highest BCUT2D eigenvalue weighted by molar-refractivity contribution is 9.10. The lowest BCUT2D eigenvalue weighted by Crippen LogP contribution is -2.41. The Bertz CT molecular complexity index is 938. The van der Waals surface area contributed by atoms with E-state index in [0.717, 1.165) is 4.47 Å². The van der Waals surface area contributed by atoms with Crippen LogP contribution in [0.15, 0.2) is 64.5 Å². The molecule has 0 saturated carbocycles. The molecule has 0 fully saturated rings. The molecule has 0 bridgehead atoms. The molecule has 5 nitrogen and oxygen atoms in total. The van der Waals surface area contributed by atoms with Gasteiger partial charge in [0.25, 0.3) is 5.91 Å². The molecule has 3 rings (SSSR count). The van der Waals surface area contributed by atoms with E-state index in [1.54, 1.807) is 42.5 Å². The molecule has 0 spiro atoms. The molecule has 1 atom stereocenters. The molecular weight excluding hydrogens is 418 g/mol. The second-order valence-electron chi connectivity index (χ2n) is 5.81. The molecule has 7 heteroatoms. The predicted molar refractivity (Wildman–Crippen MR) is 105 cm³/mol. The van der Waals surface area contributed by atoms with Gasteiger partial charge in [0.05, 0.1) is 24.0 Å². The number of rotatable bonds is 5. The van der Waals surface area contributed by atoms with E-state index in [0.29, 0.717) is 23.6 Å². The third-order valence-corrected chi connectivity index (χ3v) is 5.89. The normalized spacial score (nSPS) is 17.8. The maximum Gasteiger partial charge on any atom is 0.262 e. The summed E-state index contributed by atoms with van der Waals surface area (Å²) in [5, 5.41) is 1.17. The van der Waals surface area contributed by atoms with Gasteiger partial charge >= 0.3 is 0 Å². The number of carbonyl (C=O) groups excluding carboxylic acids is 1. The van der Waals surface area contributed by atoms with Crippen LogP contribution in [0.25, 0.3) is 0 Å². The summed E-state index contributed by atoms with van der Waals surface area (Å²) in [7, 11) is -3.31. The molecule has 0 unspecified atom stereocenters. The van der Waals surface area contributed by atoms with Gasteiger partial charge in [-0.05, 0) is 49.4 Å².